The second-order valence-electron chi connectivity index (χ2n) is 10.2. The summed E-state index contributed by atoms with van der Waals surface area (Å²) in [4.78, 5) is 43.3. The standard InChI is InChI=1S/C28H33N7O2S/c1-17-9-18(2)11-22(10-17)31-28-30-14-21-15-34(16-25(21)32-28)23-6-8-35(19(3)12-23)27(37)20-5-7-29-24(13-20)26(36)33-38-4/h5,7,9-11,13-14,19,23H,6,8,12,15-16H2,1-4H3,(H,33,36)(H,30,31,32)/t19-,23-/m1/s1. The summed E-state index contributed by atoms with van der Waals surface area (Å²) in [6.45, 7) is 8.53. The first-order valence-corrected chi connectivity index (χ1v) is 14.1. The number of nitrogens with zero attached hydrogens (tertiary/aromatic N) is 5. The predicted molar refractivity (Wildman–Crippen MR) is 149 cm³/mol. The summed E-state index contributed by atoms with van der Waals surface area (Å²) >= 11 is 1.21. The summed E-state index contributed by atoms with van der Waals surface area (Å²) in [5.41, 5.74) is 6.35. The monoisotopic (exact) mass is 531 g/mol. The van der Waals surface area contributed by atoms with E-state index in [-0.39, 0.29) is 23.6 Å². The van der Waals surface area contributed by atoms with Gasteiger partial charge in [0, 0.05) is 67.2 Å². The van der Waals surface area contributed by atoms with E-state index in [0.29, 0.717) is 24.1 Å². The Hall–Kier alpha value is -3.50. The van der Waals surface area contributed by atoms with Gasteiger partial charge < -0.3 is 10.2 Å². The van der Waals surface area contributed by atoms with Crippen molar-refractivity contribution in [1.82, 2.24) is 29.5 Å². The lowest BCUT2D eigenvalue weighted by Crippen LogP contribution is -2.50. The fraction of sp³-hybridized carbons (Fsp3) is 0.393. The SMILES string of the molecule is CSNC(=O)c1cc(C(=O)N2CC[C@@H](N3Cc4cnc(Nc5cc(C)cc(C)c5)nc4C3)C[C@H]2C)ccn1. The lowest BCUT2D eigenvalue weighted by Gasteiger charge is -2.41. The summed E-state index contributed by atoms with van der Waals surface area (Å²) < 4.78 is 2.65. The first-order chi connectivity index (χ1) is 18.3. The fourth-order valence-corrected chi connectivity index (χ4v) is 5.74. The van der Waals surface area contributed by atoms with Gasteiger partial charge in [0.15, 0.2) is 0 Å². The van der Waals surface area contributed by atoms with Gasteiger partial charge in [0.2, 0.25) is 5.95 Å². The third-order valence-electron chi connectivity index (χ3n) is 7.22. The zero-order valence-corrected chi connectivity index (χ0v) is 23.0. The Bertz CT molecular complexity index is 1340. The number of hydrogen-bond acceptors (Lipinski definition) is 8. The van der Waals surface area contributed by atoms with E-state index in [0.717, 1.165) is 42.9 Å². The number of rotatable bonds is 6. The normalized spacial score (nSPS) is 19.2. The van der Waals surface area contributed by atoms with Gasteiger partial charge in [-0.2, -0.15) is 0 Å². The van der Waals surface area contributed by atoms with Crippen molar-refractivity contribution >= 4 is 35.4 Å². The van der Waals surface area contributed by atoms with Gasteiger partial charge in [0.25, 0.3) is 11.8 Å². The smallest absolute Gasteiger partial charge is 0.279 e. The van der Waals surface area contributed by atoms with Crippen molar-refractivity contribution in [2.24, 2.45) is 0 Å². The molecule has 2 N–H and O–H groups in total. The second-order valence-corrected chi connectivity index (χ2v) is 10.8. The molecule has 1 fully saturated rings. The molecule has 2 aliphatic rings. The third-order valence-corrected chi connectivity index (χ3v) is 7.61. The van der Waals surface area contributed by atoms with Crippen LogP contribution in [0.1, 0.15) is 63.0 Å². The van der Waals surface area contributed by atoms with Crippen LogP contribution in [-0.2, 0) is 13.1 Å². The van der Waals surface area contributed by atoms with E-state index in [1.165, 1.54) is 29.3 Å². The molecule has 1 saturated heterocycles. The van der Waals surface area contributed by atoms with Gasteiger partial charge in [-0.3, -0.25) is 24.2 Å². The number of anilines is 2. The molecule has 2 aromatic heterocycles. The van der Waals surface area contributed by atoms with Gasteiger partial charge >= 0.3 is 0 Å². The van der Waals surface area contributed by atoms with Gasteiger partial charge in [0.1, 0.15) is 5.69 Å². The maximum atomic E-state index is 13.3. The average molecular weight is 532 g/mol. The summed E-state index contributed by atoms with van der Waals surface area (Å²) in [6, 6.07) is 10.0. The van der Waals surface area contributed by atoms with E-state index in [2.05, 4.69) is 63.9 Å². The number of carbonyl (C=O) groups excluding carboxylic acids is 2. The molecule has 0 spiro atoms. The van der Waals surface area contributed by atoms with Crippen molar-refractivity contribution in [2.45, 2.75) is 58.8 Å². The van der Waals surface area contributed by atoms with Crippen LogP contribution in [0, 0.1) is 13.8 Å². The molecule has 2 aliphatic heterocycles. The maximum Gasteiger partial charge on any atom is 0.279 e. The zero-order chi connectivity index (χ0) is 26.8. The van der Waals surface area contributed by atoms with Crippen molar-refractivity contribution in [3.8, 4) is 0 Å². The number of benzene rings is 1. The molecular formula is C28H33N7O2S. The number of amides is 2. The summed E-state index contributed by atoms with van der Waals surface area (Å²) in [5.74, 6) is 0.254. The van der Waals surface area contributed by atoms with Crippen molar-refractivity contribution in [2.75, 3.05) is 18.1 Å². The molecule has 5 rings (SSSR count). The van der Waals surface area contributed by atoms with Crippen LogP contribution < -0.4 is 10.0 Å². The van der Waals surface area contributed by atoms with Gasteiger partial charge in [0.05, 0.1) is 5.69 Å². The van der Waals surface area contributed by atoms with Crippen LogP contribution in [0.25, 0.3) is 0 Å². The molecule has 0 saturated carbocycles. The second kappa shape index (κ2) is 11.1. The molecule has 38 heavy (non-hydrogen) atoms. The number of nitrogens with one attached hydrogen (secondary N) is 2. The molecule has 4 heterocycles. The van der Waals surface area contributed by atoms with E-state index in [9.17, 15) is 9.59 Å². The summed E-state index contributed by atoms with van der Waals surface area (Å²) in [5, 5.41) is 3.35. The minimum atomic E-state index is -0.303. The highest BCUT2D eigenvalue weighted by atomic mass is 32.2. The number of aryl methyl sites for hydroxylation is 2. The van der Waals surface area contributed by atoms with Gasteiger partial charge in [-0.25, -0.2) is 9.97 Å². The van der Waals surface area contributed by atoms with E-state index >= 15 is 0 Å². The summed E-state index contributed by atoms with van der Waals surface area (Å²) in [7, 11) is 0. The Morgan fingerprint density at radius 3 is 2.61 bits per heavy atom. The van der Waals surface area contributed by atoms with Gasteiger partial charge in [-0.1, -0.05) is 18.0 Å². The zero-order valence-electron chi connectivity index (χ0n) is 22.2. The Morgan fingerprint density at radius 1 is 1.08 bits per heavy atom. The number of aromatic nitrogens is 3. The molecule has 0 unspecified atom stereocenters. The summed E-state index contributed by atoms with van der Waals surface area (Å²) in [6.07, 6.45) is 6.99. The predicted octanol–water partition coefficient (Wildman–Crippen LogP) is 4.25. The molecule has 1 aromatic carbocycles. The minimum Gasteiger partial charge on any atom is -0.336 e. The van der Waals surface area contributed by atoms with E-state index in [1.54, 1.807) is 18.4 Å². The highest BCUT2D eigenvalue weighted by Gasteiger charge is 2.35. The third kappa shape index (κ3) is 5.66. The Morgan fingerprint density at radius 2 is 1.87 bits per heavy atom. The quantitative estimate of drug-likeness (QED) is 0.455. The number of piperidine rings is 1. The first kappa shape index (κ1) is 26.1. The molecule has 2 amide bonds. The van der Waals surface area contributed by atoms with Crippen molar-refractivity contribution < 1.29 is 9.59 Å². The fourth-order valence-electron chi connectivity index (χ4n) is 5.45. The molecule has 2 atom stereocenters. The van der Waals surface area contributed by atoms with Crippen molar-refractivity contribution in [1.29, 1.82) is 0 Å². The molecule has 10 heteroatoms. The van der Waals surface area contributed by atoms with E-state index in [4.69, 9.17) is 4.98 Å². The molecule has 0 radical (unpaired) electrons. The highest BCUT2D eigenvalue weighted by molar-refractivity contribution is 7.97. The Kier molecular flexibility index (Phi) is 7.62. The molecule has 9 nitrogen and oxygen atoms in total. The largest absolute Gasteiger partial charge is 0.336 e. The number of fused-ring (bicyclic) bond motifs is 1. The van der Waals surface area contributed by atoms with Crippen molar-refractivity contribution in [3.63, 3.8) is 0 Å². The van der Waals surface area contributed by atoms with E-state index < -0.39 is 0 Å². The topological polar surface area (TPSA) is 103 Å². The maximum absolute atomic E-state index is 13.3. The number of carbonyl (C=O) groups is 2. The van der Waals surface area contributed by atoms with Crippen LogP contribution in [0.5, 0.6) is 0 Å². The van der Waals surface area contributed by atoms with Crippen LogP contribution in [0.4, 0.5) is 11.6 Å². The average Bonchev–Trinajstić information content (AvgIpc) is 3.31. The van der Waals surface area contributed by atoms with Crippen LogP contribution in [0.3, 0.4) is 0 Å². The van der Waals surface area contributed by atoms with Crippen LogP contribution in [-0.4, -0.2) is 61.5 Å². The number of pyridine rings is 1. The Balaban J connectivity index is 1.21. The highest BCUT2D eigenvalue weighted by Crippen LogP contribution is 2.31. The molecule has 3 aromatic rings. The minimum absolute atomic E-state index is 0.0609. The molecule has 0 bridgehead atoms. The van der Waals surface area contributed by atoms with Gasteiger partial charge in [-0.15, -0.1) is 0 Å². The van der Waals surface area contributed by atoms with Crippen LogP contribution >= 0.6 is 11.9 Å². The molecule has 0 aliphatic carbocycles. The lowest BCUT2D eigenvalue weighted by atomic mass is 9.96. The van der Waals surface area contributed by atoms with Gasteiger partial charge in [-0.05, 0) is 69.0 Å². The number of likely N-dealkylation sites (tertiary alicyclic amines) is 1. The van der Waals surface area contributed by atoms with Crippen LogP contribution in [0.15, 0.2) is 42.7 Å². The first-order valence-electron chi connectivity index (χ1n) is 12.8. The van der Waals surface area contributed by atoms with Crippen molar-refractivity contribution in [3.05, 3.63) is 76.4 Å². The molecular weight excluding hydrogens is 498 g/mol. The Labute approximate surface area is 227 Å². The van der Waals surface area contributed by atoms with Crippen LogP contribution in [0.2, 0.25) is 0 Å². The number of hydrogen-bond donors (Lipinski definition) is 2. The van der Waals surface area contributed by atoms with E-state index in [1.807, 2.05) is 11.1 Å². The lowest BCUT2D eigenvalue weighted by molar-refractivity contribution is 0.0460. The molecule has 198 valence electrons.